The Morgan fingerprint density at radius 1 is 1.24 bits per heavy atom. The molecule has 1 N–H and O–H groups in total. The molecule has 0 unspecified atom stereocenters. The molecule has 0 bridgehead atoms. The second-order valence-electron chi connectivity index (χ2n) is 5.49. The predicted molar refractivity (Wildman–Crippen MR) is 93.5 cm³/mol. The van der Waals surface area contributed by atoms with Gasteiger partial charge in [0.1, 0.15) is 5.75 Å². The van der Waals surface area contributed by atoms with Crippen molar-refractivity contribution in [2.24, 2.45) is 0 Å². The van der Waals surface area contributed by atoms with Gasteiger partial charge in [-0.25, -0.2) is 0 Å². The summed E-state index contributed by atoms with van der Waals surface area (Å²) in [6.07, 6.45) is 2.82. The average molecular weight is 359 g/mol. The van der Waals surface area contributed by atoms with Crippen molar-refractivity contribution < 1.29 is 19.4 Å². The molecule has 25 heavy (non-hydrogen) atoms. The number of rotatable bonds is 4. The molecule has 128 valence electrons. The average Bonchev–Trinajstić information content (AvgIpc) is 2.87. The number of carbonyl (C=O) groups excluding carboxylic acids is 1. The van der Waals surface area contributed by atoms with Crippen LogP contribution in [0.25, 0.3) is 10.9 Å². The van der Waals surface area contributed by atoms with Crippen molar-refractivity contribution in [2.75, 3.05) is 7.11 Å². The Kier molecular flexibility index (Phi) is 4.46. The van der Waals surface area contributed by atoms with Crippen molar-refractivity contribution >= 4 is 34.4 Å². The van der Waals surface area contributed by atoms with Crippen molar-refractivity contribution in [1.29, 1.82) is 0 Å². The van der Waals surface area contributed by atoms with E-state index in [0.29, 0.717) is 38.5 Å². The van der Waals surface area contributed by atoms with Gasteiger partial charge in [-0.05, 0) is 36.8 Å². The van der Waals surface area contributed by atoms with Crippen LogP contribution in [-0.2, 0) is 11.2 Å². The predicted octanol–water partition coefficient (Wildman–Crippen LogP) is 3.32. The van der Waals surface area contributed by atoms with Gasteiger partial charge in [-0.2, -0.15) is 0 Å². The van der Waals surface area contributed by atoms with Crippen LogP contribution in [0, 0.1) is 6.92 Å². The third kappa shape index (κ3) is 2.85. The minimum absolute atomic E-state index is 0.244. The fourth-order valence-corrected chi connectivity index (χ4v) is 3.28. The first-order valence-corrected chi connectivity index (χ1v) is 7.86. The molecule has 0 saturated heterocycles. The number of carboxylic acid groups (broad SMARTS) is 1. The number of pyridine rings is 1. The minimum Gasteiger partial charge on any atom is -0.495 e. The molecule has 2 aromatic heterocycles. The number of carbonyl (C=O) groups is 2. The zero-order valence-electron chi connectivity index (χ0n) is 13.6. The minimum atomic E-state index is -1.00. The molecule has 0 aliphatic rings. The summed E-state index contributed by atoms with van der Waals surface area (Å²) in [4.78, 5) is 28.2. The van der Waals surface area contributed by atoms with E-state index in [4.69, 9.17) is 16.3 Å². The van der Waals surface area contributed by atoms with Gasteiger partial charge in [0.05, 0.1) is 24.1 Å². The van der Waals surface area contributed by atoms with Crippen LogP contribution in [0.15, 0.2) is 36.7 Å². The molecule has 6 nitrogen and oxygen atoms in total. The first-order chi connectivity index (χ1) is 12.0. The summed E-state index contributed by atoms with van der Waals surface area (Å²) in [5.74, 6) is -0.852. The number of halogens is 1. The van der Waals surface area contributed by atoms with Crippen LogP contribution in [0.5, 0.6) is 5.75 Å². The van der Waals surface area contributed by atoms with E-state index in [9.17, 15) is 14.7 Å². The molecule has 0 amide bonds. The van der Waals surface area contributed by atoms with Crippen LogP contribution in [0.1, 0.15) is 21.6 Å². The highest BCUT2D eigenvalue weighted by molar-refractivity contribution is 6.37. The molecule has 0 atom stereocenters. The molecule has 0 saturated carbocycles. The summed E-state index contributed by atoms with van der Waals surface area (Å²) in [5.41, 5.74) is 2.02. The van der Waals surface area contributed by atoms with Crippen LogP contribution in [0.2, 0.25) is 5.02 Å². The fraction of sp³-hybridized carbons (Fsp3) is 0.167. The van der Waals surface area contributed by atoms with Crippen molar-refractivity contribution in [3.05, 3.63) is 58.5 Å². The van der Waals surface area contributed by atoms with Gasteiger partial charge in [0.2, 0.25) is 0 Å². The molecule has 0 aliphatic carbocycles. The van der Waals surface area contributed by atoms with Crippen molar-refractivity contribution in [1.82, 2.24) is 9.55 Å². The maximum Gasteiger partial charge on any atom is 0.307 e. The highest BCUT2D eigenvalue weighted by Gasteiger charge is 2.24. The number of hydrogen-bond acceptors (Lipinski definition) is 4. The second kappa shape index (κ2) is 6.57. The van der Waals surface area contributed by atoms with Crippen LogP contribution in [-0.4, -0.2) is 33.6 Å². The van der Waals surface area contributed by atoms with E-state index >= 15 is 0 Å². The molecule has 7 heteroatoms. The lowest BCUT2D eigenvalue weighted by Gasteiger charge is -2.08. The zero-order chi connectivity index (χ0) is 18.1. The summed E-state index contributed by atoms with van der Waals surface area (Å²) >= 11 is 6.41. The Morgan fingerprint density at radius 3 is 2.52 bits per heavy atom. The van der Waals surface area contributed by atoms with E-state index in [2.05, 4.69) is 4.98 Å². The van der Waals surface area contributed by atoms with Crippen molar-refractivity contribution in [3.8, 4) is 5.75 Å². The first-order valence-electron chi connectivity index (χ1n) is 7.48. The third-order valence-electron chi connectivity index (χ3n) is 4.08. The van der Waals surface area contributed by atoms with Gasteiger partial charge in [-0.15, -0.1) is 0 Å². The van der Waals surface area contributed by atoms with Gasteiger partial charge in [-0.3, -0.25) is 19.1 Å². The summed E-state index contributed by atoms with van der Waals surface area (Å²) in [6.45, 7) is 1.71. The zero-order valence-corrected chi connectivity index (χ0v) is 14.4. The van der Waals surface area contributed by atoms with E-state index in [1.807, 2.05) is 0 Å². The monoisotopic (exact) mass is 358 g/mol. The maximum atomic E-state index is 13.0. The second-order valence-corrected chi connectivity index (χ2v) is 5.86. The highest BCUT2D eigenvalue weighted by Crippen LogP contribution is 2.38. The molecule has 0 fully saturated rings. The molecular weight excluding hydrogens is 344 g/mol. The molecule has 0 spiro atoms. The lowest BCUT2D eigenvalue weighted by molar-refractivity contribution is -0.136. The Hall–Kier alpha value is -2.86. The first kappa shape index (κ1) is 17.0. The Bertz CT molecular complexity index is 980. The largest absolute Gasteiger partial charge is 0.495 e. The summed E-state index contributed by atoms with van der Waals surface area (Å²) in [5, 5.41) is 10.1. The lowest BCUT2D eigenvalue weighted by Crippen LogP contribution is -2.14. The standard InChI is InChI=1S/C18H15ClN2O4/c1-10-12(9-15(22)23)16-13(3-4-14(25-2)17(16)19)21(10)18(24)11-5-7-20-8-6-11/h3-8H,9H2,1-2H3,(H,22,23). The topological polar surface area (TPSA) is 81.4 Å². The van der Waals surface area contributed by atoms with Gasteiger partial charge in [0.15, 0.2) is 0 Å². The van der Waals surface area contributed by atoms with E-state index < -0.39 is 5.97 Å². The van der Waals surface area contributed by atoms with Crippen molar-refractivity contribution in [2.45, 2.75) is 13.3 Å². The number of ether oxygens (including phenoxy) is 1. The van der Waals surface area contributed by atoms with Gasteiger partial charge < -0.3 is 9.84 Å². The van der Waals surface area contributed by atoms with Crippen LogP contribution in [0.3, 0.4) is 0 Å². The van der Waals surface area contributed by atoms with Crippen LogP contribution >= 0.6 is 11.6 Å². The maximum absolute atomic E-state index is 13.0. The SMILES string of the molecule is COc1ccc2c(c1Cl)c(CC(=O)O)c(C)n2C(=O)c1ccncc1. The Balaban J connectivity index is 2.33. The Labute approximate surface area is 148 Å². The number of benzene rings is 1. The smallest absolute Gasteiger partial charge is 0.307 e. The van der Waals surface area contributed by atoms with Crippen LogP contribution < -0.4 is 4.74 Å². The van der Waals surface area contributed by atoms with E-state index in [1.54, 1.807) is 31.2 Å². The van der Waals surface area contributed by atoms with Crippen molar-refractivity contribution in [3.63, 3.8) is 0 Å². The fourth-order valence-electron chi connectivity index (χ4n) is 2.93. The van der Waals surface area contributed by atoms with Gasteiger partial charge >= 0.3 is 5.97 Å². The van der Waals surface area contributed by atoms with Gasteiger partial charge in [0, 0.05) is 29.0 Å². The normalized spacial score (nSPS) is 10.8. The number of fused-ring (bicyclic) bond motifs is 1. The molecule has 0 radical (unpaired) electrons. The molecule has 3 rings (SSSR count). The summed E-state index contributed by atoms with van der Waals surface area (Å²) in [7, 11) is 1.48. The Morgan fingerprint density at radius 2 is 1.92 bits per heavy atom. The molecule has 3 aromatic rings. The molecule has 2 heterocycles. The number of methoxy groups -OCH3 is 1. The summed E-state index contributed by atoms with van der Waals surface area (Å²) in [6, 6.07) is 6.58. The quantitative estimate of drug-likeness (QED) is 0.773. The van der Waals surface area contributed by atoms with Gasteiger partial charge in [-0.1, -0.05) is 11.6 Å². The van der Waals surface area contributed by atoms with Gasteiger partial charge in [0.25, 0.3) is 5.91 Å². The number of aliphatic carboxylic acids is 1. The summed E-state index contributed by atoms with van der Waals surface area (Å²) < 4.78 is 6.71. The van der Waals surface area contributed by atoms with Crippen LogP contribution in [0.4, 0.5) is 0 Å². The highest BCUT2D eigenvalue weighted by atomic mass is 35.5. The number of hydrogen-bond donors (Lipinski definition) is 1. The van der Waals surface area contributed by atoms with E-state index in [1.165, 1.54) is 24.1 Å². The number of aromatic nitrogens is 2. The number of nitrogens with zero attached hydrogens (tertiary/aromatic N) is 2. The molecule has 0 aliphatic heterocycles. The molecular formula is C18H15ClN2O4. The third-order valence-corrected chi connectivity index (χ3v) is 4.45. The van der Waals surface area contributed by atoms with E-state index in [0.717, 1.165) is 0 Å². The van der Waals surface area contributed by atoms with E-state index in [-0.39, 0.29) is 12.3 Å². The molecule has 1 aromatic carbocycles. The number of carboxylic acids is 1. The lowest BCUT2D eigenvalue weighted by atomic mass is 10.1.